The second kappa shape index (κ2) is 3.63. The van der Waals surface area contributed by atoms with Crippen molar-refractivity contribution in [2.24, 2.45) is 0 Å². The molecule has 16 heavy (non-hydrogen) atoms. The summed E-state index contributed by atoms with van der Waals surface area (Å²) >= 11 is 0. The SMILES string of the molecule is CC(C)(C)c1c(-c2ccccc2)[nH]o[n+]1=O. The number of hydrogen-bond donors (Lipinski definition) is 1. The van der Waals surface area contributed by atoms with E-state index in [-0.39, 0.29) is 5.41 Å². The van der Waals surface area contributed by atoms with Crippen LogP contribution in [0.3, 0.4) is 0 Å². The number of H-pyrrole nitrogens is 1. The minimum absolute atomic E-state index is 0.267. The van der Waals surface area contributed by atoms with Gasteiger partial charge in [-0.2, -0.15) is 0 Å². The highest BCUT2D eigenvalue weighted by Crippen LogP contribution is 2.28. The Bertz CT molecular complexity index is 532. The molecule has 0 fully saturated rings. The predicted molar refractivity (Wildman–Crippen MR) is 60.6 cm³/mol. The summed E-state index contributed by atoms with van der Waals surface area (Å²) in [6.07, 6.45) is 0. The molecule has 0 atom stereocenters. The molecule has 0 amide bonds. The van der Waals surface area contributed by atoms with Crippen LogP contribution < -0.4 is 4.60 Å². The average Bonchev–Trinajstić information content (AvgIpc) is 2.61. The van der Waals surface area contributed by atoms with Crippen LogP contribution in [0, 0.1) is 4.91 Å². The second-order valence-corrected chi connectivity index (χ2v) is 4.79. The van der Waals surface area contributed by atoms with E-state index in [1.54, 1.807) is 0 Å². The van der Waals surface area contributed by atoms with Crippen molar-refractivity contribution in [3.8, 4) is 11.3 Å². The lowest BCUT2D eigenvalue weighted by molar-refractivity contribution is -0.721. The molecular weight excluding hydrogens is 204 g/mol. The Hall–Kier alpha value is -1.84. The maximum absolute atomic E-state index is 11.6. The summed E-state index contributed by atoms with van der Waals surface area (Å²) in [5.74, 6) is 0. The van der Waals surface area contributed by atoms with Crippen molar-refractivity contribution in [1.29, 1.82) is 0 Å². The largest absolute Gasteiger partial charge is 0.255 e. The molecular formula is C12H15N2O2+. The molecule has 2 aromatic rings. The standard InChI is InChI=1S/C12H15N2O2/c1-12(2,3)11-10(13-16-14(11)15)9-7-5-4-6-8-9/h4-8,13H,1-3H3/q+1. The zero-order valence-electron chi connectivity index (χ0n) is 9.65. The molecule has 0 spiro atoms. The number of hydrogen-bond acceptors (Lipinski definition) is 2. The van der Waals surface area contributed by atoms with Crippen LogP contribution in [0.2, 0.25) is 0 Å². The Morgan fingerprint density at radius 1 is 1.19 bits per heavy atom. The molecule has 0 bridgehead atoms. The molecule has 2 rings (SSSR count). The minimum atomic E-state index is -0.267. The molecule has 0 saturated carbocycles. The third-order valence-electron chi connectivity index (χ3n) is 2.42. The van der Waals surface area contributed by atoms with E-state index in [9.17, 15) is 4.91 Å². The van der Waals surface area contributed by atoms with Gasteiger partial charge in [0.25, 0.3) is 5.69 Å². The molecule has 84 valence electrons. The van der Waals surface area contributed by atoms with E-state index < -0.39 is 0 Å². The van der Waals surface area contributed by atoms with Gasteiger partial charge in [0.15, 0.2) is 4.60 Å². The van der Waals surface area contributed by atoms with E-state index in [1.807, 2.05) is 51.1 Å². The molecule has 4 nitrogen and oxygen atoms in total. The number of nitrogens with zero attached hydrogens (tertiary/aromatic N) is 1. The fourth-order valence-electron chi connectivity index (χ4n) is 1.72. The number of nitrogens with one attached hydrogen (secondary N) is 1. The summed E-state index contributed by atoms with van der Waals surface area (Å²) < 4.78 is 5.36. The van der Waals surface area contributed by atoms with Crippen LogP contribution in [0.4, 0.5) is 0 Å². The van der Waals surface area contributed by atoms with Gasteiger partial charge in [0.05, 0.1) is 0 Å². The summed E-state index contributed by atoms with van der Waals surface area (Å²) in [5.41, 5.74) is 2.03. The van der Waals surface area contributed by atoms with Gasteiger partial charge in [-0.15, -0.1) is 0 Å². The van der Waals surface area contributed by atoms with Crippen molar-refractivity contribution in [1.82, 2.24) is 5.16 Å². The molecule has 0 aliphatic rings. The Morgan fingerprint density at radius 3 is 2.38 bits per heavy atom. The normalized spacial score (nSPS) is 11.7. The minimum Gasteiger partial charge on any atom is -0.0878 e. The first-order valence-corrected chi connectivity index (χ1v) is 5.20. The molecule has 0 aliphatic carbocycles. The quantitative estimate of drug-likeness (QED) is 0.801. The first kappa shape index (κ1) is 10.7. The smallest absolute Gasteiger partial charge is 0.0878 e. The van der Waals surface area contributed by atoms with Crippen molar-refractivity contribution in [3.63, 3.8) is 0 Å². The summed E-state index contributed by atoms with van der Waals surface area (Å²) in [4.78, 5) is 11.6. The fraction of sp³-hybridized carbons (Fsp3) is 0.333. The van der Waals surface area contributed by atoms with Crippen LogP contribution in [-0.2, 0) is 5.41 Å². The molecule has 4 heteroatoms. The lowest BCUT2D eigenvalue weighted by Gasteiger charge is -2.10. The van der Waals surface area contributed by atoms with Crippen molar-refractivity contribution < 1.29 is 9.23 Å². The fourth-order valence-corrected chi connectivity index (χ4v) is 1.72. The zero-order chi connectivity index (χ0) is 11.8. The van der Waals surface area contributed by atoms with Crippen LogP contribution >= 0.6 is 0 Å². The molecule has 0 aliphatic heterocycles. The highest BCUT2D eigenvalue weighted by atomic mass is 16.7. The van der Waals surface area contributed by atoms with Gasteiger partial charge in [-0.05, 0) is 4.91 Å². The Balaban J connectivity index is 2.64. The molecule has 0 radical (unpaired) electrons. The number of rotatable bonds is 1. The van der Waals surface area contributed by atoms with Crippen LogP contribution in [0.1, 0.15) is 26.5 Å². The van der Waals surface area contributed by atoms with E-state index in [0.29, 0.717) is 10.3 Å². The maximum atomic E-state index is 11.6. The third kappa shape index (κ3) is 1.78. The van der Waals surface area contributed by atoms with Gasteiger partial charge in [-0.3, -0.25) is 0 Å². The first-order valence-electron chi connectivity index (χ1n) is 5.20. The van der Waals surface area contributed by atoms with Gasteiger partial charge < -0.3 is 0 Å². The Kier molecular flexibility index (Phi) is 2.42. The number of aromatic nitrogens is 2. The first-order chi connectivity index (χ1) is 7.50. The number of benzene rings is 1. The second-order valence-electron chi connectivity index (χ2n) is 4.79. The van der Waals surface area contributed by atoms with Gasteiger partial charge in [0.2, 0.25) is 5.69 Å². The lowest BCUT2D eigenvalue weighted by atomic mass is 9.89. The molecule has 1 aromatic carbocycles. The molecule has 1 aromatic heterocycles. The summed E-state index contributed by atoms with van der Waals surface area (Å²) in [7, 11) is 0. The summed E-state index contributed by atoms with van der Waals surface area (Å²) in [6, 6.07) is 9.67. The van der Waals surface area contributed by atoms with Gasteiger partial charge in [-0.1, -0.05) is 60.9 Å². The van der Waals surface area contributed by atoms with E-state index in [1.165, 1.54) is 0 Å². The average molecular weight is 219 g/mol. The van der Waals surface area contributed by atoms with Crippen molar-refractivity contribution in [3.05, 3.63) is 40.9 Å². The van der Waals surface area contributed by atoms with Gasteiger partial charge in [0.1, 0.15) is 0 Å². The van der Waals surface area contributed by atoms with E-state index in [2.05, 4.69) is 5.16 Å². The van der Waals surface area contributed by atoms with Gasteiger partial charge in [0, 0.05) is 11.0 Å². The van der Waals surface area contributed by atoms with Gasteiger partial charge in [-0.25, -0.2) is 0 Å². The summed E-state index contributed by atoms with van der Waals surface area (Å²) in [5, 5.41) is 2.67. The monoisotopic (exact) mass is 219 g/mol. The predicted octanol–water partition coefficient (Wildman–Crippen LogP) is 2.49. The van der Waals surface area contributed by atoms with Crippen molar-refractivity contribution in [2.75, 3.05) is 0 Å². The molecule has 1 N–H and O–H groups in total. The molecule has 0 saturated heterocycles. The van der Waals surface area contributed by atoms with Gasteiger partial charge >= 0.3 is 0 Å². The van der Waals surface area contributed by atoms with Crippen molar-refractivity contribution >= 4 is 0 Å². The number of aromatic amines is 1. The highest BCUT2D eigenvalue weighted by Gasteiger charge is 2.32. The summed E-state index contributed by atoms with van der Waals surface area (Å²) in [6.45, 7) is 5.94. The zero-order valence-corrected chi connectivity index (χ0v) is 9.65. The maximum Gasteiger partial charge on any atom is 0.255 e. The van der Waals surface area contributed by atoms with Crippen LogP contribution in [0.5, 0.6) is 0 Å². The van der Waals surface area contributed by atoms with Crippen LogP contribution in [-0.4, -0.2) is 5.16 Å². The van der Waals surface area contributed by atoms with E-state index in [0.717, 1.165) is 11.3 Å². The molecule has 1 heterocycles. The van der Waals surface area contributed by atoms with Crippen molar-refractivity contribution in [2.45, 2.75) is 26.2 Å². The van der Waals surface area contributed by atoms with E-state index >= 15 is 0 Å². The Morgan fingerprint density at radius 2 is 1.81 bits per heavy atom. The highest BCUT2D eigenvalue weighted by molar-refractivity contribution is 5.60. The van der Waals surface area contributed by atoms with Crippen LogP contribution in [0.15, 0.2) is 35.0 Å². The van der Waals surface area contributed by atoms with E-state index in [4.69, 9.17) is 4.63 Å². The van der Waals surface area contributed by atoms with Crippen LogP contribution in [0.25, 0.3) is 11.3 Å². The lowest BCUT2D eigenvalue weighted by Crippen LogP contribution is -2.27. The Labute approximate surface area is 93.4 Å². The third-order valence-corrected chi connectivity index (χ3v) is 2.42. The molecule has 0 unspecified atom stereocenters. The topological polar surface area (TPSA) is 51.9 Å².